The average Bonchev–Trinajstić information content (AvgIpc) is 3.33. The molecule has 0 N–H and O–H groups in total. The van der Waals surface area contributed by atoms with E-state index in [0.29, 0.717) is 44.6 Å². The van der Waals surface area contributed by atoms with Crippen molar-refractivity contribution in [2.45, 2.75) is 25.7 Å². The molecule has 2 aliphatic rings. The van der Waals surface area contributed by atoms with Crippen LogP contribution < -0.4 is 0 Å². The molecule has 27 heavy (non-hydrogen) atoms. The fourth-order valence-electron chi connectivity index (χ4n) is 4.05. The van der Waals surface area contributed by atoms with E-state index in [-0.39, 0.29) is 23.8 Å². The average molecular weight is 372 g/mol. The van der Waals surface area contributed by atoms with Crippen LogP contribution in [0.3, 0.4) is 0 Å². The third-order valence-corrected chi connectivity index (χ3v) is 5.58. The van der Waals surface area contributed by atoms with Gasteiger partial charge in [0.1, 0.15) is 6.61 Å². The highest BCUT2D eigenvalue weighted by Gasteiger charge is 2.51. The molecule has 0 saturated carbocycles. The number of pyridine rings is 1. The van der Waals surface area contributed by atoms with Crippen molar-refractivity contribution >= 4 is 5.91 Å². The Bertz CT molecular complexity index is 773. The summed E-state index contributed by atoms with van der Waals surface area (Å²) in [7, 11) is 0. The predicted molar refractivity (Wildman–Crippen MR) is 95.8 cm³/mol. The molecule has 2 aliphatic heterocycles. The molecule has 1 atom stereocenters. The second-order valence-electron chi connectivity index (χ2n) is 7.14. The van der Waals surface area contributed by atoms with E-state index in [1.807, 2.05) is 24.0 Å². The van der Waals surface area contributed by atoms with Crippen LogP contribution in [0, 0.1) is 5.41 Å². The monoisotopic (exact) mass is 372 g/mol. The van der Waals surface area contributed by atoms with Crippen LogP contribution in [0.25, 0.3) is 11.4 Å². The highest BCUT2D eigenvalue weighted by atomic mass is 16.5. The van der Waals surface area contributed by atoms with Crippen molar-refractivity contribution < 1.29 is 18.8 Å². The molecule has 8 heteroatoms. The van der Waals surface area contributed by atoms with Crippen LogP contribution in [-0.2, 0) is 14.3 Å². The largest absolute Gasteiger partial charge is 0.381 e. The molecule has 0 aliphatic carbocycles. The zero-order valence-corrected chi connectivity index (χ0v) is 15.5. The number of amides is 1. The molecular formula is C19H24N4O4. The Morgan fingerprint density at radius 2 is 2.26 bits per heavy atom. The summed E-state index contributed by atoms with van der Waals surface area (Å²) < 4.78 is 16.5. The van der Waals surface area contributed by atoms with Gasteiger partial charge in [-0.2, -0.15) is 4.98 Å². The number of ether oxygens (including phenoxy) is 2. The normalized spacial score (nSPS) is 21.7. The summed E-state index contributed by atoms with van der Waals surface area (Å²) in [6, 6.07) is 3.74. The summed E-state index contributed by atoms with van der Waals surface area (Å²) in [4.78, 5) is 23.2. The van der Waals surface area contributed by atoms with Crippen molar-refractivity contribution in [1.82, 2.24) is 20.0 Å². The molecule has 4 rings (SSSR count). The molecule has 0 aromatic carbocycles. The molecule has 0 radical (unpaired) electrons. The summed E-state index contributed by atoms with van der Waals surface area (Å²) >= 11 is 0. The first-order valence-electron chi connectivity index (χ1n) is 9.39. The molecule has 2 saturated heterocycles. The number of rotatable bonds is 5. The van der Waals surface area contributed by atoms with Gasteiger partial charge in [0.2, 0.25) is 17.6 Å². The van der Waals surface area contributed by atoms with Gasteiger partial charge in [0, 0.05) is 56.3 Å². The zero-order chi connectivity index (χ0) is 18.7. The third-order valence-electron chi connectivity index (χ3n) is 5.58. The summed E-state index contributed by atoms with van der Waals surface area (Å²) in [5.41, 5.74) is 0.731. The van der Waals surface area contributed by atoms with E-state index in [9.17, 15) is 4.79 Å². The molecule has 2 aromatic heterocycles. The highest BCUT2D eigenvalue weighted by Crippen LogP contribution is 2.49. The summed E-state index contributed by atoms with van der Waals surface area (Å²) in [6.45, 7) is 5.15. The van der Waals surface area contributed by atoms with Gasteiger partial charge < -0.3 is 18.9 Å². The van der Waals surface area contributed by atoms with Crippen molar-refractivity contribution in [1.29, 1.82) is 0 Å². The predicted octanol–water partition coefficient (Wildman–Crippen LogP) is 1.89. The van der Waals surface area contributed by atoms with Gasteiger partial charge in [-0.25, -0.2) is 0 Å². The van der Waals surface area contributed by atoms with Crippen molar-refractivity contribution in [3.05, 3.63) is 30.4 Å². The van der Waals surface area contributed by atoms with E-state index in [2.05, 4.69) is 15.1 Å². The number of carbonyl (C=O) groups is 1. The van der Waals surface area contributed by atoms with E-state index in [1.165, 1.54) is 0 Å². The van der Waals surface area contributed by atoms with Crippen LogP contribution in [0.5, 0.6) is 0 Å². The Hall–Kier alpha value is -2.32. The van der Waals surface area contributed by atoms with Crippen LogP contribution >= 0.6 is 0 Å². The minimum atomic E-state index is -0.0845. The van der Waals surface area contributed by atoms with Gasteiger partial charge in [-0.15, -0.1) is 0 Å². The van der Waals surface area contributed by atoms with E-state index < -0.39 is 0 Å². The molecule has 2 aromatic rings. The quantitative estimate of drug-likeness (QED) is 0.791. The molecule has 2 fully saturated rings. The first-order chi connectivity index (χ1) is 13.2. The van der Waals surface area contributed by atoms with E-state index >= 15 is 0 Å². The lowest BCUT2D eigenvalue weighted by molar-refractivity contribution is -0.135. The zero-order valence-electron chi connectivity index (χ0n) is 15.5. The van der Waals surface area contributed by atoms with Gasteiger partial charge in [0.15, 0.2) is 0 Å². The smallest absolute Gasteiger partial charge is 0.248 e. The Kier molecular flexibility index (Phi) is 5.18. The lowest BCUT2D eigenvalue weighted by atomic mass is 9.72. The lowest BCUT2D eigenvalue weighted by Gasteiger charge is -2.36. The second-order valence-corrected chi connectivity index (χ2v) is 7.14. The van der Waals surface area contributed by atoms with E-state index in [1.54, 1.807) is 12.4 Å². The molecule has 1 spiro atoms. The van der Waals surface area contributed by atoms with Gasteiger partial charge in [0.25, 0.3) is 0 Å². The Balaban J connectivity index is 1.59. The van der Waals surface area contributed by atoms with Gasteiger partial charge in [-0.05, 0) is 31.9 Å². The topological polar surface area (TPSA) is 90.6 Å². The maximum atomic E-state index is 12.5. The fraction of sp³-hybridized carbons (Fsp3) is 0.579. The molecular weight excluding hydrogens is 348 g/mol. The molecule has 1 amide bonds. The molecule has 1 unspecified atom stereocenters. The minimum absolute atomic E-state index is 0.00454. The number of nitrogens with zero attached hydrogens (tertiary/aromatic N) is 4. The molecule has 144 valence electrons. The van der Waals surface area contributed by atoms with Crippen LogP contribution in [0.15, 0.2) is 29.0 Å². The van der Waals surface area contributed by atoms with Crippen molar-refractivity contribution in [3.63, 3.8) is 0 Å². The Morgan fingerprint density at radius 1 is 1.41 bits per heavy atom. The third kappa shape index (κ3) is 3.59. The fourth-order valence-corrected chi connectivity index (χ4v) is 4.05. The molecule has 0 bridgehead atoms. The van der Waals surface area contributed by atoms with Gasteiger partial charge in [-0.3, -0.25) is 9.78 Å². The summed E-state index contributed by atoms with van der Waals surface area (Å²) in [5, 5.41) is 4.14. The summed E-state index contributed by atoms with van der Waals surface area (Å²) in [6.07, 6.45) is 5.17. The highest BCUT2D eigenvalue weighted by molar-refractivity contribution is 5.78. The summed E-state index contributed by atoms with van der Waals surface area (Å²) in [5.74, 6) is 1.13. The minimum Gasteiger partial charge on any atom is -0.381 e. The van der Waals surface area contributed by atoms with Crippen molar-refractivity contribution in [3.8, 4) is 11.4 Å². The standard InChI is InChI=1S/C19H24N4O4/c1-2-25-12-16(24)23-11-15(19(13-23)5-8-26-9-6-19)18-21-17(22-27-18)14-4-3-7-20-10-14/h3-4,7,10,15H,2,5-6,8-9,11-13H2,1H3. The number of hydrogen-bond acceptors (Lipinski definition) is 7. The van der Waals surface area contributed by atoms with Gasteiger partial charge >= 0.3 is 0 Å². The van der Waals surface area contributed by atoms with Crippen LogP contribution in [0.2, 0.25) is 0 Å². The number of aromatic nitrogens is 3. The Labute approximate surface area is 157 Å². The maximum Gasteiger partial charge on any atom is 0.248 e. The lowest BCUT2D eigenvalue weighted by Crippen LogP contribution is -2.38. The van der Waals surface area contributed by atoms with Crippen LogP contribution in [0.4, 0.5) is 0 Å². The van der Waals surface area contributed by atoms with Crippen molar-refractivity contribution in [2.24, 2.45) is 5.41 Å². The van der Waals surface area contributed by atoms with Crippen LogP contribution in [-0.4, -0.2) is 65.4 Å². The molecule has 8 nitrogen and oxygen atoms in total. The first kappa shape index (κ1) is 18.1. The number of likely N-dealkylation sites (tertiary alicyclic amines) is 1. The van der Waals surface area contributed by atoms with Gasteiger partial charge in [0.05, 0.1) is 5.92 Å². The van der Waals surface area contributed by atoms with Gasteiger partial charge in [-0.1, -0.05) is 5.16 Å². The van der Waals surface area contributed by atoms with E-state index in [4.69, 9.17) is 14.0 Å². The number of carbonyl (C=O) groups excluding carboxylic acids is 1. The second kappa shape index (κ2) is 7.74. The first-order valence-corrected chi connectivity index (χ1v) is 9.39. The van der Waals surface area contributed by atoms with Crippen molar-refractivity contribution in [2.75, 3.05) is 39.5 Å². The van der Waals surface area contributed by atoms with Crippen LogP contribution in [0.1, 0.15) is 31.6 Å². The SMILES string of the molecule is CCOCC(=O)N1CC(c2nc(-c3cccnc3)no2)C2(CCOCC2)C1. The Morgan fingerprint density at radius 3 is 3.00 bits per heavy atom. The number of hydrogen-bond donors (Lipinski definition) is 0. The maximum absolute atomic E-state index is 12.5. The van der Waals surface area contributed by atoms with E-state index in [0.717, 1.165) is 18.4 Å². The molecule has 4 heterocycles.